The maximum atomic E-state index is 11.3. The van der Waals surface area contributed by atoms with E-state index in [1.165, 1.54) is 0 Å². The molecular formula is C11H15ClN2O2S. The predicted molar refractivity (Wildman–Crippen MR) is 71.1 cm³/mol. The van der Waals surface area contributed by atoms with E-state index in [0.29, 0.717) is 23.0 Å². The highest BCUT2D eigenvalue weighted by molar-refractivity contribution is 7.91. The van der Waals surface area contributed by atoms with Crippen LogP contribution in [0.15, 0.2) is 18.2 Å². The van der Waals surface area contributed by atoms with Crippen molar-refractivity contribution in [1.82, 2.24) is 0 Å². The molecule has 4 nitrogen and oxygen atoms in total. The lowest BCUT2D eigenvalue weighted by Gasteiger charge is -2.12. The van der Waals surface area contributed by atoms with Crippen LogP contribution in [-0.4, -0.2) is 26.5 Å². The molecule has 1 atom stereocenters. The number of nitrogens with one attached hydrogen (secondary N) is 1. The van der Waals surface area contributed by atoms with Crippen molar-refractivity contribution in [3.63, 3.8) is 0 Å². The average Bonchev–Trinajstić information content (AvgIpc) is 2.57. The lowest BCUT2D eigenvalue weighted by Crippen LogP contribution is -2.16. The van der Waals surface area contributed by atoms with Crippen LogP contribution in [0.1, 0.15) is 6.42 Å². The SMILES string of the molecule is Nc1cc(Cl)ccc1NCC1CCS(=O)(=O)C1. The Balaban J connectivity index is 1.95. The molecule has 3 N–H and O–H groups in total. The van der Waals surface area contributed by atoms with Crippen LogP contribution in [0.25, 0.3) is 0 Å². The van der Waals surface area contributed by atoms with Crippen LogP contribution in [0.2, 0.25) is 5.02 Å². The standard InChI is InChI=1S/C11H15ClN2O2S/c12-9-1-2-11(10(13)5-9)14-6-8-3-4-17(15,16)7-8/h1-2,5,8,14H,3-4,6-7,13H2. The molecule has 0 amide bonds. The Labute approximate surface area is 106 Å². The third kappa shape index (κ3) is 3.26. The van der Waals surface area contributed by atoms with Gasteiger partial charge in [0.15, 0.2) is 9.84 Å². The molecule has 0 aromatic heterocycles. The molecule has 0 bridgehead atoms. The topological polar surface area (TPSA) is 72.2 Å². The lowest BCUT2D eigenvalue weighted by atomic mass is 10.1. The summed E-state index contributed by atoms with van der Waals surface area (Å²) in [5, 5.41) is 3.77. The number of nitrogens with two attached hydrogens (primary N) is 1. The Morgan fingerprint density at radius 2 is 2.24 bits per heavy atom. The van der Waals surface area contributed by atoms with Gasteiger partial charge in [0.2, 0.25) is 0 Å². The summed E-state index contributed by atoms with van der Waals surface area (Å²) in [6, 6.07) is 5.24. The van der Waals surface area contributed by atoms with E-state index < -0.39 is 9.84 Å². The van der Waals surface area contributed by atoms with E-state index in [1.54, 1.807) is 18.2 Å². The molecule has 0 radical (unpaired) electrons. The largest absolute Gasteiger partial charge is 0.397 e. The molecule has 0 spiro atoms. The molecule has 1 aromatic carbocycles. The minimum absolute atomic E-state index is 0.176. The van der Waals surface area contributed by atoms with Gasteiger partial charge in [0, 0.05) is 11.6 Å². The molecule has 94 valence electrons. The molecule has 17 heavy (non-hydrogen) atoms. The molecule has 1 unspecified atom stereocenters. The van der Waals surface area contributed by atoms with Gasteiger partial charge >= 0.3 is 0 Å². The van der Waals surface area contributed by atoms with Crippen molar-refractivity contribution < 1.29 is 8.42 Å². The van der Waals surface area contributed by atoms with Gasteiger partial charge in [-0.15, -0.1) is 0 Å². The van der Waals surface area contributed by atoms with Gasteiger partial charge in [-0.25, -0.2) is 8.42 Å². The highest BCUT2D eigenvalue weighted by Crippen LogP contribution is 2.24. The number of benzene rings is 1. The summed E-state index contributed by atoms with van der Waals surface area (Å²) in [6.07, 6.45) is 0.725. The fourth-order valence-electron chi connectivity index (χ4n) is 1.98. The van der Waals surface area contributed by atoms with E-state index in [9.17, 15) is 8.42 Å². The van der Waals surface area contributed by atoms with Gasteiger partial charge in [-0.3, -0.25) is 0 Å². The van der Waals surface area contributed by atoms with Gasteiger partial charge in [-0.05, 0) is 30.5 Å². The molecule has 0 aliphatic carbocycles. The lowest BCUT2D eigenvalue weighted by molar-refractivity contribution is 0.596. The maximum absolute atomic E-state index is 11.3. The summed E-state index contributed by atoms with van der Waals surface area (Å²) >= 11 is 5.79. The highest BCUT2D eigenvalue weighted by atomic mass is 35.5. The number of anilines is 2. The summed E-state index contributed by atoms with van der Waals surface area (Å²) in [7, 11) is -2.81. The van der Waals surface area contributed by atoms with Gasteiger partial charge in [-0.2, -0.15) is 0 Å². The van der Waals surface area contributed by atoms with E-state index in [0.717, 1.165) is 12.1 Å². The maximum Gasteiger partial charge on any atom is 0.150 e. The second kappa shape index (κ2) is 4.74. The molecule has 1 heterocycles. The Morgan fingerprint density at radius 1 is 1.47 bits per heavy atom. The second-order valence-electron chi connectivity index (χ2n) is 4.38. The van der Waals surface area contributed by atoms with Gasteiger partial charge in [0.25, 0.3) is 0 Å². The first-order valence-electron chi connectivity index (χ1n) is 5.45. The Hall–Kier alpha value is -0.940. The molecule has 1 aliphatic rings. The third-order valence-corrected chi connectivity index (χ3v) is 4.99. The number of sulfone groups is 1. The van der Waals surface area contributed by atoms with Crippen molar-refractivity contribution in [2.24, 2.45) is 5.92 Å². The van der Waals surface area contributed by atoms with Crippen molar-refractivity contribution in [2.75, 3.05) is 29.1 Å². The van der Waals surface area contributed by atoms with Gasteiger partial charge < -0.3 is 11.1 Å². The van der Waals surface area contributed by atoms with Crippen LogP contribution >= 0.6 is 11.6 Å². The minimum atomic E-state index is -2.81. The van der Waals surface area contributed by atoms with Crippen LogP contribution in [-0.2, 0) is 9.84 Å². The number of hydrogen-bond donors (Lipinski definition) is 2. The first-order chi connectivity index (χ1) is 7.96. The Bertz CT molecular complexity index is 516. The van der Waals surface area contributed by atoms with Crippen molar-refractivity contribution in [1.29, 1.82) is 0 Å². The van der Waals surface area contributed by atoms with Crippen LogP contribution in [0.3, 0.4) is 0 Å². The van der Waals surface area contributed by atoms with Crippen molar-refractivity contribution in [3.05, 3.63) is 23.2 Å². The van der Waals surface area contributed by atoms with Gasteiger partial charge in [0.1, 0.15) is 0 Å². The van der Waals surface area contributed by atoms with E-state index >= 15 is 0 Å². The van der Waals surface area contributed by atoms with Crippen LogP contribution in [0.5, 0.6) is 0 Å². The average molecular weight is 275 g/mol. The highest BCUT2D eigenvalue weighted by Gasteiger charge is 2.27. The molecule has 1 saturated heterocycles. The molecular weight excluding hydrogens is 260 g/mol. The van der Waals surface area contributed by atoms with Crippen LogP contribution in [0.4, 0.5) is 11.4 Å². The van der Waals surface area contributed by atoms with Crippen LogP contribution in [0, 0.1) is 5.92 Å². The first-order valence-corrected chi connectivity index (χ1v) is 7.65. The van der Waals surface area contributed by atoms with Gasteiger partial charge in [-0.1, -0.05) is 11.6 Å². The number of hydrogen-bond acceptors (Lipinski definition) is 4. The second-order valence-corrected chi connectivity index (χ2v) is 7.05. The predicted octanol–water partition coefficient (Wildman–Crippen LogP) is 1.77. The summed E-state index contributed by atoms with van der Waals surface area (Å²) in [5.41, 5.74) is 7.18. The fraction of sp³-hybridized carbons (Fsp3) is 0.455. The number of nitrogen functional groups attached to an aromatic ring is 1. The van der Waals surface area contributed by atoms with Crippen molar-refractivity contribution in [2.45, 2.75) is 6.42 Å². The monoisotopic (exact) mass is 274 g/mol. The van der Waals surface area contributed by atoms with Crippen molar-refractivity contribution >= 4 is 32.8 Å². The fourth-order valence-corrected chi connectivity index (χ4v) is 4.02. The molecule has 6 heteroatoms. The van der Waals surface area contributed by atoms with Crippen LogP contribution < -0.4 is 11.1 Å². The summed E-state index contributed by atoms with van der Waals surface area (Å²) in [5.74, 6) is 0.748. The van der Waals surface area contributed by atoms with E-state index in [2.05, 4.69) is 5.32 Å². The quantitative estimate of drug-likeness (QED) is 0.824. The zero-order chi connectivity index (χ0) is 12.5. The Morgan fingerprint density at radius 3 is 2.82 bits per heavy atom. The zero-order valence-corrected chi connectivity index (χ0v) is 10.9. The smallest absolute Gasteiger partial charge is 0.150 e. The van der Waals surface area contributed by atoms with Gasteiger partial charge in [0.05, 0.1) is 22.9 Å². The number of halogens is 1. The molecule has 1 aliphatic heterocycles. The number of rotatable bonds is 3. The molecule has 0 saturated carbocycles. The zero-order valence-electron chi connectivity index (χ0n) is 9.32. The minimum Gasteiger partial charge on any atom is -0.397 e. The van der Waals surface area contributed by atoms with Crippen molar-refractivity contribution in [3.8, 4) is 0 Å². The first kappa shape index (κ1) is 12.5. The summed E-state index contributed by atoms with van der Waals surface area (Å²) < 4.78 is 22.6. The molecule has 1 aromatic rings. The molecule has 2 rings (SSSR count). The summed E-state index contributed by atoms with van der Waals surface area (Å²) in [4.78, 5) is 0. The third-order valence-electron chi connectivity index (χ3n) is 2.92. The normalized spacial score (nSPS) is 22.5. The Kier molecular flexibility index (Phi) is 3.49. The summed E-state index contributed by atoms with van der Waals surface area (Å²) in [6.45, 7) is 0.630. The van der Waals surface area contributed by atoms with E-state index in [4.69, 9.17) is 17.3 Å². The van der Waals surface area contributed by atoms with E-state index in [-0.39, 0.29) is 11.7 Å². The molecule has 1 fully saturated rings. The van der Waals surface area contributed by atoms with E-state index in [1.807, 2.05) is 0 Å².